The highest BCUT2D eigenvalue weighted by atomic mass is 16.4. The van der Waals surface area contributed by atoms with Gasteiger partial charge in [-0.25, -0.2) is 0 Å². The molecule has 5 nitrogen and oxygen atoms in total. The SMILES string of the molecule is CCC(CN1C(=O)c2c(C)ccc(C)c2C1=O)C(=O)O. The normalized spacial score (nSPS) is 15.4. The molecule has 20 heavy (non-hydrogen) atoms. The van der Waals surface area contributed by atoms with Crippen LogP contribution >= 0.6 is 0 Å². The minimum atomic E-state index is -0.988. The van der Waals surface area contributed by atoms with Crippen LogP contribution < -0.4 is 0 Å². The largest absolute Gasteiger partial charge is 0.481 e. The molecule has 1 aliphatic rings. The molecule has 2 amide bonds. The second kappa shape index (κ2) is 5.07. The first-order valence-corrected chi connectivity index (χ1v) is 6.57. The Morgan fingerprint density at radius 3 is 1.95 bits per heavy atom. The van der Waals surface area contributed by atoms with Crippen molar-refractivity contribution in [1.82, 2.24) is 4.90 Å². The molecular formula is C15H17NO4. The molecule has 0 saturated carbocycles. The summed E-state index contributed by atoms with van der Waals surface area (Å²) in [6.45, 7) is 5.22. The highest BCUT2D eigenvalue weighted by molar-refractivity contribution is 6.22. The minimum Gasteiger partial charge on any atom is -0.481 e. The quantitative estimate of drug-likeness (QED) is 0.853. The van der Waals surface area contributed by atoms with Crippen LogP contribution in [0, 0.1) is 19.8 Å². The zero-order chi connectivity index (χ0) is 15.0. The Bertz CT molecular complexity index is 565. The summed E-state index contributed by atoms with van der Waals surface area (Å²) >= 11 is 0. The van der Waals surface area contributed by atoms with Crippen LogP contribution in [0.1, 0.15) is 45.2 Å². The van der Waals surface area contributed by atoms with E-state index in [0.717, 1.165) is 16.0 Å². The van der Waals surface area contributed by atoms with E-state index in [2.05, 4.69) is 0 Å². The lowest BCUT2D eigenvalue weighted by molar-refractivity contribution is -0.142. The number of carbonyl (C=O) groups excluding carboxylic acids is 2. The smallest absolute Gasteiger partial charge is 0.308 e. The number of carboxylic acid groups (broad SMARTS) is 1. The molecule has 0 saturated heterocycles. The molecular weight excluding hydrogens is 258 g/mol. The third-order valence-corrected chi connectivity index (χ3v) is 3.79. The van der Waals surface area contributed by atoms with Crippen molar-refractivity contribution in [3.05, 3.63) is 34.4 Å². The van der Waals surface area contributed by atoms with Gasteiger partial charge in [0.15, 0.2) is 0 Å². The minimum absolute atomic E-state index is 0.0724. The average Bonchev–Trinajstić information content (AvgIpc) is 2.64. The molecule has 0 bridgehead atoms. The Hall–Kier alpha value is -2.17. The third-order valence-electron chi connectivity index (χ3n) is 3.79. The summed E-state index contributed by atoms with van der Waals surface area (Å²) < 4.78 is 0. The molecule has 0 spiro atoms. The van der Waals surface area contributed by atoms with Crippen LogP contribution in [0.25, 0.3) is 0 Å². The summed E-state index contributed by atoms with van der Waals surface area (Å²) in [4.78, 5) is 36.9. The van der Waals surface area contributed by atoms with Gasteiger partial charge in [-0.05, 0) is 31.4 Å². The predicted molar refractivity (Wildman–Crippen MR) is 72.7 cm³/mol. The lowest BCUT2D eigenvalue weighted by Crippen LogP contribution is -2.37. The van der Waals surface area contributed by atoms with Crippen molar-refractivity contribution in [2.45, 2.75) is 27.2 Å². The topological polar surface area (TPSA) is 74.7 Å². The summed E-state index contributed by atoms with van der Waals surface area (Å²) in [5, 5.41) is 9.08. The molecule has 1 heterocycles. The highest BCUT2D eigenvalue weighted by Gasteiger charge is 2.39. The molecule has 0 aromatic heterocycles. The molecule has 0 aliphatic carbocycles. The van der Waals surface area contributed by atoms with Crippen LogP contribution in [0.3, 0.4) is 0 Å². The number of rotatable bonds is 4. The average molecular weight is 275 g/mol. The van der Waals surface area contributed by atoms with Crippen LogP contribution in [-0.2, 0) is 4.79 Å². The van der Waals surface area contributed by atoms with E-state index >= 15 is 0 Å². The number of amides is 2. The van der Waals surface area contributed by atoms with Gasteiger partial charge in [-0.2, -0.15) is 0 Å². The van der Waals surface area contributed by atoms with Crippen molar-refractivity contribution >= 4 is 17.8 Å². The molecule has 5 heteroatoms. The lowest BCUT2D eigenvalue weighted by Gasteiger charge is -2.18. The van der Waals surface area contributed by atoms with Crippen LogP contribution in [0.15, 0.2) is 12.1 Å². The number of imide groups is 1. The number of aryl methyl sites for hydroxylation is 2. The number of hydrogen-bond donors (Lipinski definition) is 1. The van der Waals surface area contributed by atoms with Crippen molar-refractivity contribution in [2.24, 2.45) is 5.92 Å². The van der Waals surface area contributed by atoms with Crippen molar-refractivity contribution in [2.75, 3.05) is 6.54 Å². The van der Waals surface area contributed by atoms with E-state index < -0.39 is 11.9 Å². The zero-order valence-corrected chi connectivity index (χ0v) is 11.8. The van der Waals surface area contributed by atoms with Gasteiger partial charge in [-0.3, -0.25) is 19.3 Å². The maximum atomic E-state index is 12.4. The molecule has 1 aromatic carbocycles. The zero-order valence-electron chi connectivity index (χ0n) is 11.8. The first-order chi connectivity index (χ1) is 9.38. The van der Waals surface area contributed by atoms with E-state index in [1.54, 1.807) is 32.9 Å². The number of carbonyl (C=O) groups is 3. The monoisotopic (exact) mass is 275 g/mol. The van der Waals surface area contributed by atoms with Crippen molar-refractivity contribution in [3.8, 4) is 0 Å². The Morgan fingerprint density at radius 2 is 1.60 bits per heavy atom. The van der Waals surface area contributed by atoms with Gasteiger partial charge in [0.25, 0.3) is 11.8 Å². The summed E-state index contributed by atoms with van der Waals surface area (Å²) in [5.41, 5.74) is 2.31. The molecule has 0 radical (unpaired) electrons. The molecule has 1 unspecified atom stereocenters. The van der Waals surface area contributed by atoms with Crippen molar-refractivity contribution < 1.29 is 19.5 Å². The second-order valence-corrected chi connectivity index (χ2v) is 5.11. The molecule has 1 aliphatic heterocycles. The van der Waals surface area contributed by atoms with E-state index in [4.69, 9.17) is 5.11 Å². The number of fused-ring (bicyclic) bond motifs is 1. The van der Waals surface area contributed by atoms with Crippen LogP contribution in [0.4, 0.5) is 0 Å². The maximum Gasteiger partial charge on any atom is 0.308 e. The van der Waals surface area contributed by atoms with E-state index in [-0.39, 0.29) is 18.4 Å². The van der Waals surface area contributed by atoms with Gasteiger partial charge in [0.05, 0.1) is 17.0 Å². The molecule has 0 fully saturated rings. The van der Waals surface area contributed by atoms with Crippen molar-refractivity contribution in [1.29, 1.82) is 0 Å². The molecule has 1 atom stereocenters. The van der Waals surface area contributed by atoms with E-state index in [9.17, 15) is 14.4 Å². The number of aliphatic carboxylic acids is 1. The maximum absolute atomic E-state index is 12.4. The fourth-order valence-corrected chi connectivity index (χ4v) is 2.49. The van der Waals surface area contributed by atoms with Gasteiger partial charge < -0.3 is 5.11 Å². The standard InChI is InChI=1S/C15H17NO4/c1-4-10(15(19)20)7-16-13(17)11-8(2)5-6-9(3)12(11)14(16)18/h5-6,10H,4,7H2,1-3H3,(H,19,20). The highest BCUT2D eigenvalue weighted by Crippen LogP contribution is 2.29. The number of benzene rings is 1. The Balaban J connectivity index is 2.40. The van der Waals surface area contributed by atoms with E-state index in [1.807, 2.05) is 0 Å². The number of carboxylic acids is 1. The summed E-state index contributed by atoms with van der Waals surface area (Å²) in [6.07, 6.45) is 0.376. The van der Waals surface area contributed by atoms with Gasteiger partial charge in [0, 0.05) is 6.54 Å². The third kappa shape index (κ3) is 2.09. The molecule has 1 aromatic rings. The molecule has 2 rings (SSSR count). The lowest BCUT2D eigenvalue weighted by atomic mass is 9.99. The Morgan fingerprint density at radius 1 is 1.15 bits per heavy atom. The molecule has 1 N–H and O–H groups in total. The van der Waals surface area contributed by atoms with Gasteiger partial charge in [0.2, 0.25) is 0 Å². The van der Waals surface area contributed by atoms with Crippen LogP contribution in [-0.4, -0.2) is 34.3 Å². The van der Waals surface area contributed by atoms with Gasteiger partial charge >= 0.3 is 5.97 Å². The van der Waals surface area contributed by atoms with E-state index in [1.165, 1.54) is 0 Å². The first-order valence-electron chi connectivity index (χ1n) is 6.57. The van der Waals surface area contributed by atoms with Crippen molar-refractivity contribution in [3.63, 3.8) is 0 Å². The first kappa shape index (κ1) is 14.2. The van der Waals surface area contributed by atoms with Gasteiger partial charge in [-0.1, -0.05) is 19.1 Å². The van der Waals surface area contributed by atoms with Crippen LogP contribution in [0.2, 0.25) is 0 Å². The fraction of sp³-hybridized carbons (Fsp3) is 0.400. The summed E-state index contributed by atoms with van der Waals surface area (Å²) in [6, 6.07) is 3.61. The Labute approximate surface area is 117 Å². The summed E-state index contributed by atoms with van der Waals surface area (Å²) in [5.74, 6) is -2.48. The fourth-order valence-electron chi connectivity index (χ4n) is 2.49. The van der Waals surface area contributed by atoms with E-state index in [0.29, 0.717) is 17.5 Å². The summed E-state index contributed by atoms with van der Waals surface area (Å²) in [7, 11) is 0. The van der Waals surface area contributed by atoms with Gasteiger partial charge in [0.1, 0.15) is 0 Å². The van der Waals surface area contributed by atoms with Gasteiger partial charge in [-0.15, -0.1) is 0 Å². The molecule has 106 valence electrons. The number of hydrogen-bond acceptors (Lipinski definition) is 3. The Kier molecular flexibility index (Phi) is 3.61. The number of nitrogens with zero attached hydrogens (tertiary/aromatic N) is 1. The predicted octanol–water partition coefficient (Wildman–Crippen LogP) is 2.01. The second-order valence-electron chi connectivity index (χ2n) is 5.11. The van der Waals surface area contributed by atoms with Crippen LogP contribution in [0.5, 0.6) is 0 Å².